The number of rotatable bonds is 3. The molecule has 1 aromatic heterocycles. The molecule has 0 bridgehead atoms. The maximum atomic E-state index is 13.3. The molecule has 0 atom stereocenters. The number of hydrogen-bond acceptors (Lipinski definition) is 4. The largest absolute Gasteiger partial charge is 0.433 e. The molecule has 1 aliphatic carbocycles. The van der Waals surface area contributed by atoms with Crippen LogP contribution < -0.4 is 15.5 Å². The highest BCUT2D eigenvalue weighted by Crippen LogP contribution is 2.31. The summed E-state index contributed by atoms with van der Waals surface area (Å²) in [6, 6.07) is 1.28. The van der Waals surface area contributed by atoms with Crippen molar-refractivity contribution < 1.29 is 13.2 Å². The predicted octanol–water partition coefficient (Wildman–Crippen LogP) is 4.74. The summed E-state index contributed by atoms with van der Waals surface area (Å²) in [5.41, 5.74) is -0.948. The maximum Gasteiger partial charge on any atom is 0.433 e. The molecule has 1 saturated carbocycles. The fourth-order valence-electron chi connectivity index (χ4n) is 3.78. The first-order valence-electron chi connectivity index (χ1n) is 10.1. The summed E-state index contributed by atoms with van der Waals surface area (Å²) in [5.74, 6) is 0.776. The smallest absolute Gasteiger partial charge is 0.360 e. The van der Waals surface area contributed by atoms with E-state index in [-0.39, 0.29) is 17.1 Å². The molecule has 0 aromatic carbocycles. The van der Waals surface area contributed by atoms with Crippen molar-refractivity contribution in [2.75, 3.05) is 23.3 Å². The van der Waals surface area contributed by atoms with E-state index in [0.717, 1.165) is 44.6 Å². The lowest BCUT2D eigenvalue weighted by Crippen LogP contribution is -2.38. The molecule has 5 nitrogen and oxygen atoms in total. The van der Waals surface area contributed by atoms with Crippen LogP contribution in [0.25, 0.3) is 0 Å². The Morgan fingerprint density at radius 3 is 2.32 bits per heavy atom. The molecule has 0 amide bonds. The van der Waals surface area contributed by atoms with Gasteiger partial charge in [0.25, 0.3) is 0 Å². The van der Waals surface area contributed by atoms with Crippen LogP contribution in [0.1, 0.15) is 64.0 Å². The quantitative estimate of drug-likeness (QED) is 0.549. The maximum absolute atomic E-state index is 13.3. The number of hydrogen-bond donors (Lipinski definition) is 2. The minimum absolute atomic E-state index is 0.102. The van der Waals surface area contributed by atoms with Crippen molar-refractivity contribution in [2.24, 2.45) is 5.92 Å². The summed E-state index contributed by atoms with van der Waals surface area (Å²) in [4.78, 5) is 9.88. The Labute approximate surface area is 169 Å². The van der Waals surface area contributed by atoms with Gasteiger partial charge >= 0.3 is 6.18 Å². The van der Waals surface area contributed by atoms with Crippen molar-refractivity contribution in [3.8, 4) is 0 Å². The summed E-state index contributed by atoms with van der Waals surface area (Å²) in [5, 5.41) is 6.28. The second-order valence-electron chi connectivity index (χ2n) is 7.89. The third kappa shape index (κ3) is 5.93. The minimum Gasteiger partial charge on any atom is -0.360 e. The van der Waals surface area contributed by atoms with Crippen molar-refractivity contribution in [2.45, 2.75) is 70.5 Å². The van der Waals surface area contributed by atoms with Crippen molar-refractivity contribution >= 4 is 29.1 Å². The zero-order valence-corrected chi connectivity index (χ0v) is 17.0. The normalized spacial score (nSPS) is 19.9. The number of alkyl halides is 3. The SMILES string of the molecule is CC1CCN(c2cc(C(F)(F)F)nc(NC(=S)NC3CCCCCC3)n2)CC1. The molecule has 2 fully saturated rings. The van der Waals surface area contributed by atoms with Crippen LogP contribution >= 0.6 is 12.2 Å². The van der Waals surface area contributed by atoms with E-state index in [0.29, 0.717) is 24.8 Å². The highest BCUT2D eigenvalue weighted by Gasteiger charge is 2.34. The molecule has 2 N–H and O–H groups in total. The molecule has 2 aliphatic rings. The Kier molecular flexibility index (Phi) is 6.95. The van der Waals surface area contributed by atoms with Crippen LogP contribution in [0.4, 0.5) is 24.9 Å². The van der Waals surface area contributed by atoms with Gasteiger partial charge in [-0.3, -0.25) is 0 Å². The van der Waals surface area contributed by atoms with Crippen molar-refractivity contribution in [3.63, 3.8) is 0 Å². The standard InChI is InChI=1S/C19H28F3N5S/c1-13-8-10-27(11-9-13)16-12-15(19(20,21)22)24-17(25-16)26-18(28)23-14-6-4-2-3-5-7-14/h12-14H,2-11H2,1H3,(H2,23,24,25,26,28). The van der Waals surface area contributed by atoms with E-state index in [9.17, 15) is 13.2 Å². The molecule has 28 heavy (non-hydrogen) atoms. The number of nitrogens with zero attached hydrogens (tertiary/aromatic N) is 3. The topological polar surface area (TPSA) is 53.1 Å². The Morgan fingerprint density at radius 2 is 1.71 bits per heavy atom. The number of halogens is 3. The fourth-order valence-corrected chi connectivity index (χ4v) is 4.04. The molecule has 3 rings (SSSR count). The first-order chi connectivity index (χ1) is 13.3. The monoisotopic (exact) mass is 415 g/mol. The van der Waals surface area contributed by atoms with Crippen molar-refractivity contribution in [1.29, 1.82) is 0 Å². The molecule has 1 aliphatic heterocycles. The predicted molar refractivity (Wildman–Crippen MR) is 108 cm³/mol. The zero-order valence-electron chi connectivity index (χ0n) is 16.2. The zero-order chi connectivity index (χ0) is 20.1. The Bertz CT molecular complexity index is 666. The molecule has 0 spiro atoms. The first kappa shape index (κ1) is 21.1. The molecular weight excluding hydrogens is 387 g/mol. The third-order valence-corrected chi connectivity index (χ3v) is 5.75. The van der Waals surface area contributed by atoms with E-state index in [1.165, 1.54) is 12.8 Å². The molecular formula is C19H28F3N5S. The average molecular weight is 416 g/mol. The van der Waals surface area contributed by atoms with Crippen LogP contribution in [-0.4, -0.2) is 34.2 Å². The van der Waals surface area contributed by atoms with Crippen LogP contribution in [0, 0.1) is 5.92 Å². The van der Waals surface area contributed by atoms with E-state index in [4.69, 9.17) is 12.2 Å². The molecule has 9 heteroatoms. The Balaban J connectivity index is 1.73. The Hall–Kier alpha value is -1.64. The molecule has 1 aromatic rings. The number of piperidine rings is 1. The molecule has 156 valence electrons. The first-order valence-corrected chi connectivity index (χ1v) is 10.5. The summed E-state index contributed by atoms with van der Waals surface area (Å²) in [7, 11) is 0. The van der Waals surface area contributed by atoms with Crippen LogP contribution in [0.5, 0.6) is 0 Å². The lowest BCUT2D eigenvalue weighted by molar-refractivity contribution is -0.141. The summed E-state index contributed by atoms with van der Waals surface area (Å²) in [6.07, 6.45) is 4.08. The molecule has 0 radical (unpaired) electrons. The van der Waals surface area contributed by atoms with Gasteiger partial charge in [0.2, 0.25) is 5.95 Å². The third-order valence-electron chi connectivity index (χ3n) is 5.53. The Morgan fingerprint density at radius 1 is 1.07 bits per heavy atom. The van der Waals surface area contributed by atoms with E-state index in [1.807, 2.05) is 4.90 Å². The lowest BCUT2D eigenvalue weighted by atomic mass is 9.99. The van der Waals surface area contributed by atoms with Gasteiger partial charge in [0.15, 0.2) is 10.8 Å². The summed E-state index contributed by atoms with van der Waals surface area (Å²) >= 11 is 5.32. The van der Waals surface area contributed by atoms with E-state index >= 15 is 0 Å². The second kappa shape index (κ2) is 9.24. The highest BCUT2D eigenvalue weighted by atomic mass is 32.1. The number of anilines is 2. The van der Waals surface area contributed by atoms with Gasteiger partial charge in [0, 0.05) is 25.2 Å². The molecule has 1 saturated heterocycles. The van der Waals surface area contributed by atoms with E-state index in [1.54, 1.807) is 0 Å². The van der Waals surface area contributed by atoms with Crippen LogP contribution in [0.2, 0.25) is 0 Å². The summed E-state index contributed by atoms with van der Waals surface area (Å²) < 4.78 is 40.0. The van der Waals surface area contributed by atoms with Gasteiger partial charge < -0.3 is 15.5 Å². The average Bonchev–Trinajstić information content (AvgIpc) is 2.90. The second-order valence-corrected chi connectivity index (χ2v) is 8.30. The minimum atomic E-state index is -4.53. The van der Waals surface area contributed by atoms with Gasteiger partial charge in [-0.2, -0.15) is 18.2 Å². The van der Waals surface area contributed by atoms with E-state index in [2.05, 4.69) is 27.5 Å². The lowest BCUT2D eigenvalue weighted by Gasteiger charge is -2.31. The number of thiocarbonyl (C=S) groups is 1. The molecule has 2 heterocycles. The van der Waals surface area contributed by atoms with Gasteiger partial charge in [0.1, 0.15) is 5.82 Å². The molecule has 0 unspecified atom stereocenters. The fraction of sp³-hybridized carbons (Fsp3) is 0.737. The van der Waals surface area contributed by atoms with Gasteiger partial charge in [0.05, 0.1) is 0 Å². The van der Waals surface area contributed by atoms with Gasteiger partial charge in [-0.05, 0) is 43.8 Å². The number of aromatic nitrogens is 2. The van der Waals surface area contributed by atoms with Gasteiger partial charge in [-0.25, -0.2) is 4.98 Å². The van der Waals surface area contributed by atoms with Gasteiger partial charge in [-0.15, -0.1) is 0 Å². The number of nitrogens with one attached hydrogen (secondary N) is 2. The summed E-state index contributed by atoms with van der Waals surface area (Å²) in [6.45, 7) is 3.54. The highest BCUT2D eigenvalue weighted by molar-refractivity contribution is 7.80. The van der Waals surface area contributed by atoms with Gasteiger partial charge in [-0.1, -0.05) is 32.6 Å². The van der Waals surface area contributed by atoms with Crippen molar-refractivity contribution in [3.05, 3.63) is 11.8 Å². The van der Waals surface area contributed by atoms with Crippen LogP contribution in [-0.2, 0) is 6.18 Å². The van der Waals surface area contributed by atoms with Crippen LogP contribution in [0.15, 0.2) is 6.07 Å². The van der Waals surface area contributed by atoms with E-state index < -0.39 is 11.9 Å². The van der Waals surface area contributed by atoms with Crippen LogP contribution in [0.3, 0.4) is 0 Å². The van der Waals surface area contributed by atoms with Crippen molar-refractivity contribution in [1.82, 2.24) is 15.3 Å².